The van der Waals surface area contributed by atoms with E-state index in [9.17, 15) is 13.2 Å². The molecule has 0 atom stereocenters. The maximum atomic E-state index is 11.9. The Bertz CT molecular complexity index is 808. The highest BCUT2D eigenvalue weighted by atomic mass is 35.5. The number of ketones is 1. The molecule has 0 aliphatic rings. The van der Waals surface area contributed by atoms with E-state index in [2.05, 4.69) is 0 Å². The molecule has 0 spiro atoms. The fourth-order valence-electron chi connectivity index (χ4n) is 1.66. The molecule has 0 bridgehead atoms. The normalized spacial score (nSPS) is 11.5. The van der Waals surface area contributed by atoms with Crippen LogP contribution in [0.3, 0.4) is 0 Å². The molecule has 0 unspecified atom stereocenters. The van der Waals surface area contributed by atoms with E-state index in [1.807, 2.05) is 0 Å². The van der Waals surface area contributed by atoms with Crippen molar-refractivity contribution in [1.29, 1.82) is 0 Å². The van der Waals surface area contributed by atoms with Gasteiger partial charge in [0.25, 0.3) is 0 Å². The van der Waals surface area contributed by atoms with Gasteiger partial charge in [-0.05, 0) is 42.8 Å². The summed E-state index contributed by atoms with van der Waals surface area (Å²) >= 11 is 5.75. The van der Waals surface area contributed by atoms with Crippen molar-refractivity contribution in [2.45, 2.75) is 6.92 Å². The van der Waals surface area contributed by atoms with Crippen molar-refractivity contribution in [2.75, 3.05) is 0 Å². The van der Waals surface area contributed by atoms with Gasteiger partial charge in [-0.1, -0.05) is 35.9 Å². The predicted octanol–water partition coefficient (Wildman–Crippen LogP) is 3.92. The summed E-state index contributed by atoms with van der Waals surface area (Å²) in [5.74, 6) is -0.0759. The van der Waals surface area contributed by atoms with Crippen molar-refractivity contribution >= 4 is 33.6 Å². The van der Waals surface area contributed by atoms with Crippen molar-refractivity contribution in [3.05, 3.63) is 70.1 Å². The van der Waals surface area contributed by atoms with Crippen molar-refractivity contribution < 1.29 is 17.4 Å². The fraction of sp³-hybridized carbons (Fsp3) is 0.0625. The predicted molar refractivity (Wildman–Crippen MR) is 86.5 cm³/mol. The van der Waals surface area contributed by atoms with Crippen LogP contribution in [0, 0.1) is 0 Å². The smallest absolute Gasteiger partial charge is 0.332 e. The molecule has 2 aromatic rings. The molecule has 0 N–H and O–H groups in total. The maximum Gasteiger partial charge on any atom is 0.332 e. The first-order valence-corrected chi connectivity index (χ1v) is 8.20. The van der Waals surface area contributed by atoms with E-state index in [0.717, 1.165) is 5.41 Å². The topological polar surface area (TPSA) is 60.4 Å². The van der Waals surface area contributed by atoms with Gasteiger partial charge in [0.05, 0.1) is 5.41 Å². The van der Waals surface area contributed by atoms with Crippen LogP contribution in [-0.4, -0.2) is 14.2 Å². The molecule has 6 heteroatoms. The lowest BCUT2D eigenvalue weighted by Crippen LogP contribution is -2.05. The maximum absolute atomic E-state index is 11.9. The third-order valence-corrected chi connectivity index (χ3v) is 3.90. The molecule has 114 valence electrons. The van der Waals surface area contributed by atoms with Gasteiger partial charge in [-0.2, -0.15) is 8.42 Å². The Morgan fingerprint density at radius 3 is 2.45 bits per heavy atom. The second-order valence-corrected chi connectivity index (χ2v) is 6.38. The highest BCUT2D eigenvalue weighted by Gasteiger charge is 2.09. The van der Waals surface area contributed by atoms with Crippen LogP contribution in [0.5, 0.6) is 5.75 Å². The first-order chi connectivity index (χ1) is 10.4. The molecule has 0 amide bonds. The number of carbonyl (C=O) groups is 1. The SMILES string of the molecule is CC(=O)c1cccc(OS(=O)(=O)/C=C/c2ccc(Cl)cc2)c1. The lowest BCUT2D eigenvalue weighted by molar-refractivity contribution is 0.101. The monoisotopic (exact) mass is 336 g/mol. The van der Waals surface area contributed by atoms with E-state index < -0.39 is 10.1 Å². The molecule has 0 saturated heterocycles. The van der Waals surface area contributed by atoms with Crippen LogP contribution in [0.2, 0.25) is 5.02 Å². The highest BCUT2D eigenvalue weighted by molar-refractivity contribution is 7.90. The number of benzene rings is 2. The molecule has 4 nitrogen and oxygen atoms in total. The van der Waals surface area contributed by atoms with Gasteiger partial charge >= 0.3 is 10.1 Å². The lowest BCUT2D eigenvalue weighted by Gasteiger charge is -2.04. The molecule has 0 saturated carbocycles. The Kier molecular flexibility index (Phi) is 5.00. The van der Waals surface area contributed by atoms with E-state index in [0.29, 0.717) is 16.1 Å². The summed E-state index contributed by atoms with van der Waals surface area (Å²) in [6.07, 6.45) is 1.40. The molecule has 0 aromatic heterocycles. The number of hydrogen-bond donors (Lipinski definition) is 0. The van der Waals surface area contributed by atoms with Crippen molar-refractivity contribution in [1.82, 2.24) is 0 Å². The quantitative estimate of drug-likeness (QED) is 0.613. The van der Waals surface area contributed by atoms with Gasteiger partial charge in [0, 0.05) is 10.6 Å². The van der Waals surface area contributed by atoms with Gasteiger partial charge in [-0.25, -0.2) is 0 Å². The molecule has 0 aliphatic carbocycles. The summed E-state index contributed by atoms with van der Waals surface area (Å²) in [6, 6.07) is 12.7. The fourth-order valence-corrected chi connectivity index (χ4v) is 2.54. The summed E-state index contributed by atoms with van der Waals surface area (Å²) in [4.78, 5) is 11.3. The summed E-state index contributed by atoms with van der Waals surface area (Å²) in [7, 11) is -3.91. The molecule has 0 fully saturated rings. The highest BCUT2D eigenvalue weighted by Crippen LogP contribution is 2.17. The minimum atomic E-state index is -3.91. The Morgan fingerprint density at radius 2 is 1.82 bits per heavy atom. The summed E-state index contributed by atoms with van der Waals surface area (Å²) < 4.78 is 28.7. The van der Waals surface area contributed by atoms with Crippen molar-refractivity contribution in [3.63, 3.8) is 0 Å². The third-order valence-electron chi connectivity index (χ3n) is 2.75. The first-order valence-electron chi connectivity index (χ1n) is 6.35. The van der Waals surface area contributed by atoms with Gasteiger partial charge in [-0.15, -0.1) is 0 Å². The van der Waals surface area contributed by atoms with Gasteiger partial charge in [0.15, 0.2) is 5.78 Å². The van der Waals surface area contributed by atoms with Gasteiger partial charge < -0.3 is 4.18 Å². The Balaban J connectivity index is 2.15. The zero-order valence-electron chi connectivity index (χ0n) is 11.7. The number of rotatable bonds is 5. The third kappa shape index (κ3) is 4.72. The average Bonchev–Trinajstić information content (AvgIpc) is 2.46. The standard InChI is InChI=1S/C16H13ClO4S/c1-12(18)14-3-2-4-16(11-14)21-22(19,20)10-9-13-5-7-15(17)8-6-13/h2-11H,1H3/b10-9+. The van der Waals surface area contributed by atoms with E-state index >= 15 is 0 Å². The van der Waals surface area contributed by atoms with Gasteiger partial charge in [-0.3, -0.25) is 4.79 Å². The molecule has 0 aliphatic heterocycles. The van der Waals surface area contributed by atoms with Gasteiger partial charge in [0.1, 0.15) is 5.75 Å². The van der Waals surface area contributed by atoms with Crippen LogP contribution in [0.4, 0.5) is 0 Å². The first kappa shape index (κ1) is 16.3. The van der Waals surface area contributed by atoms with Crippen LogP contribution in [0.15, 0.2) is 53.9 Å². The zero-order chi connectivity index (χ0) is 16.2. The average molecular weight is 337 g/mol. The van der Waals surface area contributed by atoms with Crippen LogP contribution >= 0.6 is 11.6 Å². The number of carbonyl (C=O) groups excluding carboxylic acids is 1. The summed E-state index contributed by atoms with van der Waals surface area (Å²) in [6.45, 7) is 1.40. The Hall–Kier alpha value is -2.11. The number of Topliss-reactive ketones (excluding diaryl/α,β-unsaturated/α-hetero) is 1. The lowest BCUT2D eigenvalue weighted by atomic mass is 10.1. The van der Waals surface area contributed by atoms with Crippen molar-refractivity contribution in [3.8, 4) is 5.75 Å². The van der Waals surface area contributed by atoms with E-state index in [1.165, 1.54) is 25.1 Å². The second kappa shape index (κ2) is 6.77. The molecule has 22 heavy (non-hydrogen) atoms. The summed E-state index contributed by atoms with van der Waals surface area (Å²) in [5.41, 5.74) is 1.06. The van der Waals surface area contributed by atoms with Gasteiger partial charge in [0.2, 0.25) is 0 Å². The molecule has 0 heterocycles. The molecular weight excluding hydrogens is 324 g/mol. The zero-order valence-corrected chi connectivity index (χ0v) is 13.3. The molecule has 2 rings (SSSR count). The Labute approximate surface area is 134 Å². The van der Waals surface area contributed by atoms with Crippen LogP contribution in [0.25, 0.3) is 6.08 Å². The van der Waals surface area contributed by atoms with Crippen LogP contribution in [0.1, 0.15) is 22.8 Å². The number of halogens is 1. The Morgan fingerprint density at radius 1 is 1.14 bits per heavy atom. The minimum Gasteiger partial charge on any atom is -0.379 e. The van der Waals surface area contributed by atoms with Crippen molar-refractivity contribution in [2.24, 2.45) is 0 Å². The number of hydrogen-bond acceptors (Lipinski definition) is 4. The molecular formula is C16H13ClO4S. The van der Waals surface area contributed by atoms with E-state index in [1.54, 1.807) is 36.4 Å². The summed E-state index contributed by atoms with van der Waals surface area (Å²) in [5, 5.41) is 1.52. The molecule has 2 aromatic carbocycles. The largest absolute Gasteiger partial charge is 0.379 e. The molecule has 0 radical (unpaired) electrons. The van der Waals surface area contributed by atoms with E-state index in [-0.39, 0.29) is 11.5 Å². The second-order valence-electron chi connectivity index (χ2n) is 4.51. The van der Waals surface area contributed by atoms with Crippen LogP contribution < -0.4 is 4.18 Å². The van der Waals surface area contributed by atoms with Crippen LogP contribution in [-0.2, 0) is 10.1 Å². The minimum absolute atomic E-state index is 0.0912. The van der Waals surface area contributed by atoms with E-state index in [4.69, 9.17) is 15.8 Å².